The first-order valence-corrected chi connectivity index (χ1v) is 7.04. The highest BCUT2D eigenvalue weighted by Crippen LogP contribution is 2.40. The van der Waals surface area contributed by atoms with Gasteiger partial charge in [0, 0.05) is 0 Å². The Morgan fingerprint density at radius 3 is 2.00 bits per heavy atom. The van der Waals surface area contributed by atoms with E-state index < -0.39 is 0 Å². The first kappa shape index (κ1) is 13.4. The molecule has 0 spiro atoms. The summed E-state index contributed by atoms with van der Waals surface area (Å²) in [4.78, 5) is 0. The Morgan fingerprint density at radius 1 is 1.13 bits per heavy atom. The van der Waals surface area contributed by atoms with Crippen molar-refractivity contribution in [3.05, 3.63) is 0 Å². The van der Waals surface area contributed by atoms with Crippen LogP contribution in [-0.4, -0.2) is 30.3 Å². The van der Waals surface area contributed by atoms with E-state index in [1.54, 1.807) is 0 Å². The summed E-state index contributed by atoms with van der Waals surface area (Å²) in [7, 11) is -0.0397. The van der Waals surface area contributed by atoms with Crippen LogP contribution in [0.3, 0.4) is 0 Å². The van der Waals surface area contributed by atoms with Gasteiger partial charge in [0.1, 0.15) is 0 Å². The van der Waals surface area contributed by atoms with E-state index in [-0.39, 0.29) is 18.3 Å². The predicted molar refractivity (Wildman–Crippen MR) is 68.5 cm³/mol. The van der Waals surface area contributed by atoms with Crippen molar-refractivity contribution >= 4 is 18.9 Å². The number of hydrogen-bond donors (Lipinski definition) is 0. The molecule has 1 fully saturated rings. The minimum absolute atomic E-state index is 0.0397. The molecule has 0 aliphatic carbocycles. The molecule has 0 aromatic carbocycles. The average Bonchev–Trinajstić information content (AvgIpc) is 2.32. The fraction of sp³-hybridized carbons (Fsp3) is 1.00. The second kappa shape index (κ2) is 4.68. The lowest BCUT2D eigenvalue weighted by atomic mass is 9.72. The third-order valence-corrected chi connectivity index (χ3v) is 4.16. The zero-order valence-electron chi connectivity index (χ0n) is 10.8. The summed E-state index contributed by atoms with van der Waals surface area (Å²) in [6, 6.07) is 0. The van der Waals surface area contributed by atoms with Crippen LogP contribution in [0.15, 0.2) is 0 Å². The summed E-state index contributed by atoms with van der Waals surface area (Å²) in [6.45, 7) is 10.6. The van der Waals surface area contributed by atoms with E-state index in [4.69, 9.17) is 9.31 Å². The fourth-order valence-corrected chi connectivity index (χ4v) is 2.17. The molecule has 1 aliphatic heterocycles. The van der Waals surface area contributed by atoms with Crippen LogP contribution in [0, 0.1) is 0 Å². The summed E-state index contributed by atoms with van der Waals surface area (Å²) >= 11 is 1.88. The molecule has 88 valence electrons. The van der Waals surface area contributed by atoms with Gasteiger partial charge in [-0.15, -0.1) is 0 Å². The molecule has 0 N–H and O–H groups in total. The van der Waals surface area contributed by atoms with Crippen LogP contribution in [-0.2, 0) is 9.31 Å². The molecule has 1 atom stereocenters. The van der Waals surface area contributed by atoms with Crippen molar-refractivity contribution in [1.29, 1.82) is 0 Å². The van der Waals surface area contributed by atoms with Gasteiger partial charge in [-0.2, -0.15) is 11.8 Å². The van der Waals surface area contributed by atoms with Crippen LogP contribution in [0.1, 0.15) is 41.0 Å². The summed E-state index contributed by atoms with van der Waals surface area (Å²) < 4.78 is 12.0. The van der Waals surface area contributed by atoms with Crippen molar-refractivity contribution in [3.63, 3.8) is 0 Å². The Kier molecular flexibility index (Phi) is 4.18. The lowest BCUT2D eigenvalue weighted by Crippen LogP contribution is -2.41. The molecule has 0 bridgehead atoms. The lowest BCUT2D eigenvalue weighted by molar-refractivity contribution is 0.00578. The Labute approximate surface area is 98.6 Å². The molecule has 0 aromatic heterocycles. The Bertz CT molecular complexity index is 203. The largest absolute Gasteiger partial charge is 0.460 e. The predicted octanol–water partition coefficient (Wildman–Crippen LogP) is 3.22. The molecule has 15 heavy (non-hydrogen) atoms. The highest BCUT2D eigenvalue weighted by Gasteiger charge is 2.52. The first-order valence-electron chi connectivity index (χ1n) is 5.65. The van der Waals surface area contributed by atoms with Crippen molar-refractivity contribution in [2.45, 2.75) is 58.1 Å². The topological polar surface area (TPSA) is 18.5 Å². The standard InChI is InChI=1S/C11H23BO2S/c1-9(7-8-15-6)12-13-10(2,3)11(4,5)14-12/h9H,7-8H2,1-6H3. The quantitative estimate of drug-likeness (QED) is 0.691. The van der Waals surface area contributed by atoms with Crippen molar-refractivity contribution in [2.24, 2.45) is 0 Å². The van der Waals surface area contributed by atoms with E-state index in [9.17, 15) is 0 Å². The zero-order chi connectivity index (χ0) is 11.7. The lowest BCUT2D eigenvalue weighted by Gasteiger charge is -2.32. The molecule has 0 aromatic rings. The van der Waals surface area contributed by atoms with Crippen molar-refractivity contribution in [2.75, 3.05) is 12.0 Å². The van der Waals surface area contributed by atoms with Crippen LogP contribution in [0.2, 0.25) is 5.82 Å². The Hall–Kier alpha value is 0.335. The third kappa shape index (κ3) is 2.92. The fourth-order valence-electron chi connectivity index (χ4n) is 1.56. The van der Waals surface area contributed by atoms with Crippen LogP contribution >= 0.6 is 11.8 Å². The van der Waals surface area contributed by atoms with E-state index in [0.717, 1.165) is 6.42 Å². The number of thioether (sulfide) groups is 1. The molecule has 1 saturated heterocycles. The van der Waals surface area contributed by atoms with Crippen LogP contribution in [0.4, 0.5) is 0 Å². The van der Waals surface area contributed by atoms with Crippen LogP contribution in [0.5, 0.6) is 0 Å². The van der Waals surface area contributed by atoms with E-state index >= 15 is 0 Å². The van der Waals surface area contributed by atoms with Crippen molar-refractivity contribution in [3.8, 4) is 0 Å². The zero-order valence-corrected chi connectivity index (χ0v) is 11.6. The summed E-state index contributed by atoms with van der Waals surface area (Å²) in [5.41, 5.74) is -0.378. The van der Waals surface area contributed by atoms with Gasteiger partial charge in [0.05, 0.1) is 11.2 Å². The Balaban J connectivity index is 2.54. The van der Waals surface area contributed by atoms with E-state index in [0.29, 0.717) is 5.82 Å². The molecule has 1 heterocycles. The normalized spacial score (nSPS) is 25.6. The monoisotopic (exact) mass is 230 g/mol. The highest BCUT2D eigenvalue weighted by molar-refractivity contribution is 7.98. The van der Waals surface area contributed by atoms with E-state index in [1.165, 1.54) is 5.75 Å². The molecule has 0 amide bonds. The van der Waals surface area contributed by atoms with Crippen LogP contribution < -0.4 is 0 Å². The van der Waals surface area contributed by atoms with E-state index in [2.05, 4.69) is 40.9 Å². The molecule has 4 heteroatoms. The molecular weight excluding hydrogens is 207 g/mol. The summed E-state index contributed by atoms with van der Waals surface area (Å²) in [5.74, 6) is 1.64. The molecular formula is C11H23BO2S. The number of hydrogen-bond acceptors (Lipinski definition) is 3. The van der Waals surface area contributed by atoms with Gasteiger partial charge in [-0.1, -0.05) is 6.92 Å². The second-order valence-electron chi connectivity index (χ2n) is 5.38. The SMILES string of the molecule is CSCCC(C)B1OC(C)(C)C(C)(C)O1. The summed E-state index contributed by atoms with van der Waals surface area (Å²) in [6.07, 6.45) is 3.29. The van der Waals surface area contributed by atoms with Crippen molar-refractivity contribution in [1.82, 2.24) is 0 Å². The van der Waals surface area contributed by atoms with Gasteiger partial charge in [-0.25, -0.2) is 0 Å². The Morgan fingerprint density at radius 2 is 1.60 bits per heavy atom. The van der Waals surface area contributed by atoms with Gasteiger partial charge >= 0.3 is 7.12 Å². The minimum atomic E-state index is -0.189. The van der Waals surface area contributed by atoms with Gasteiger partial charge in [-0.3, -0.25) is 0 Å². The maximum Gasteiger partial charge on any atom is 0.460 e. The molecule has 2 nitrogen and oxygen atoms in total. The van der Waals surface area contributed by atoms with Gasteiger partial charge in [0.2, 0.25) is 0 Å². The van der Waals surface area contributed by atoms with Gasteiger partial charge in [0.25, 0.3) is 0 Å². The van der Waals surface area contributed by atoms with Crippen LogP contribution in [0.25, 0.3) is 0 Å². The smallest absolute Gasteiger partial charge is 0.403 e. The molecule has 0 saturated carbocycles. The number of rotatable bonds is 4. The maximum absolute atomic E-state index is 5.99. The van der Waals surface area contributed by atoms with Gasteiger partial charge in [0.15, 0.2) is 0 Å². The first-order chi connectivity index (χ1) is 6.80. The van der Waals surface area contributed by atoms with E-state index in [1.807, 2.05) is 11.8 Å². The molecule has 1 unspecified atom stereocenters. The summed E-state index contributed by atoms with van der Waals surface area (Å²) in [5, 5.41) is 0. The molecule has 1 rings (SSSR count). The van der Waals surface area contributed by atoms with Gasteiger partial charge in [-0.05, 0) is 51.9 Å². The molecule has 1 aliphatic rings. The second-order valence-corrected chi connectivity index (χ2v) is 6.37. The van der Waals surface area contributed by atoms with Crippen molar-refractivity contribution < 1.29 is 9.31 Å². The van der Waals surface area contributed by atoms with Gasteiger partial charge < -0.3 is 9.31 Å². The molecule has 0 radical (unpaired) electrons. The minimum Gasteiger partial charge on any atom is -0.403 e. The third-order valence-electron chi connectivity index (χ3n) is 3.51. The average molecular weight is 230 g/mol. The highest BCUT2D eigenvalue weighted by atomic mass is 32.2. The maximum atomic E-state index is 5.99.